The Balaban J connectivity index is 1.73. The quantitative estimate of drug-likeness (QED) is 0.929. The highest BCUT2D eigenvalue weighted by molar-refractivity contribution is 6.11. The molecule has 3 rings (SSSR count). The smallest absolute Gasteiger partial charge is 0.236 e. The van der Waals surface area contributed by atoms with Crippen LogP contribution in [0.15, 0.2) is 42.1 Å². The summed E-state index contributed by atoms with van der Waals surface area (Å²) in [5.74, 6) is -0.0746. The van der Waals surface area contributed by atoms with Crippen molar-refractivity contribution < 1.29 is 4.79 Å². The first kappa shape index (κ1) is 12.7. The normalized spacial score (nSPS) is 17.2. The molecule has 20 heavy (non-hydrogen) atoms. The molecule has 1 aromatic carbocycles. The summed E-state index contributed by atoms with van der Waals surface area (Å²) in [6.07, 6.45) is 1.69. The largest absolute Gasteiger partial charge is 0.322 e. The van der Waals surface area contributed by atoms with E-state index in [4.69, 9.17) is 0 Å². The third kappa shape index (κ3) is 2.03. The summed E-state index contributed by atoms with van der Waals surface area (Å²) < 4.78 is 1.75. The topological polar surface area (TPSA) is 46.9 Å². The maximum atomic E-state index is 12.3. The Kier molecular flexibility index (Phi) is 2.93. The van der Waals surface area contributed by atoms with Crippen LogP contribution < -0.4 is 5.32 Å². The molecule has 0 spiro atoms. The van der Waals surface area contributed by atoms with Gasteiger partial charge in [0.15, 0.2) is 0 Å². The third-order valence-corrected chi connectivity index (χ3v) is 3.90. The number of hydrogen-bond acceptors (Lipinski definition) is 2. The molecule has 1 unspecified atom stereocenters. The predicted octanol–water partition coefficient (Wildman–Crippen LogP) is 2.77. The summed E-state index contributed by atoms with van der Waals surface area (Å²) in [6.45, 7) is 3.95. The summed E-state index contributed by atoms with van der Waals surface area (Å²) in [6, 6.07) is 10.1. The van der Waals surface area contributed by atoms with Crippen LogP contribution in [0.2, 0.25) is 0 Å². The van der Waals surface area contributed by atoms with Gasteiger partial charge in [0.2, 0.25) is 5.91 Å². The van der Waals surface area contributed by atoms with Gasteiger partial charge in [-0.1, -0.05) is 35.9 Å². The molecule has 1 atom stereocenters. The maximum Gasteiger partial charge on any atom is 0.236 e. The van der Waals surface area contributed by atoms with Crippen LogP contribution in [0.3, 0.4) is 0 Å². The molecule has 1 aliphatic rings. The molecule has 1 amide bonds. The van der Waals surface area contributed by atoms with Crippen LogP contribution >= 0.6 is 0 Å². The van der Waals surface area contributed by atoms with Crippen molar-refractivity contribution in [3.8, 4) is 0 Å². The third-order valence-electron chi connectivity index (χ3n) is 3.90. The standard InChI is InChI=1S/C16H17N3O/c1-10-14(12-7-5-4-6-8-12)15(10)16(20)18-13-9-17-19(3)11(13)2/h4-9,15H,1-3H3,(H,18,20). The molecule has 4 nitrogen and oxygen atoms in total. The number of carbonyl (C=O) groups is 1. The zero-order chi connectivity index (χ0) is 14.3. The van der Waals surface area contributed by atoms with Crippen molar-refractivity contribution in [2.24, 2.45) is 13.0 Å². The number of aryl methyl sites for hydroxylation is 1. The molecule has 0 saturated carbocycles. The van der Waals surface area contributed by atoms with Gasteiger partial charge in [-0.15, -0.1) is 0 Å². The van der Waals surface area contributed by atoms with Gasteiger partial charge in [-0.2, -0.15) is 5.10 Å². The average molecular weight is 267 g/mol. The van der Waals surface area contributed by atoms with Crippen molar-refractivity contribution in [1.82, 2.24) is 9.78 Å². The van der Waals surface area contributed by atoms with Gasteiger partial charge in [-0.25, -0.2) is 0 Å². The second-order valence-electron chi connectivity index (χ2n) is 5.15. The second kappa shape index (κ2) is 4.63. The number of aromatic nitrogens is 2. The maximum absolute atomic E-state index is 12.3. The highest BCUT2D eigenvalue weighted by Crippen LogP contribution is 2.47. The SMILES string of the molecule is CC1=C(c2ccccc2)C1C(=O)Nc1cnn(C)c1C. The molecular formula is C16H17N3O. The van der Waals surface area contributed by atoms with Crippen molar-refractivity contribution >= 4 is 17.2 Å². The van der Waals surface area contributed by atoms with Gasteiger partial charge in [0.1, 0.15) is 0 Å². The molecule has 102 valence electrons. The molecule has 1 aliphatic carbocycles. The van der Waals surface area contributed by atoms with E-state index in [0.717, 1.165) is 28.1 Å². The summed E-state index contributed by atoms with van der Waals surface area (Å²) in [5, 5.41) is 7.09. The molecule has 0 radical (unpaired) electrons. The zero-order valence-corrected chi connectivity index (χ0v) is 11.8. The van der Waals surface area contributed by atoms with Crippen molar-refractivity contribution in [1.29, 1.82) is 0 Å². The predicted molar refractivity (Wildman–Crippen MR) is 79.1 cm³/mol. The van der Waals surface area contributed by atoms with Gasteiger partial charge < -0.3 is 5.32 Å². The van der Waals surface area contributed by atoms with Crippen molar-refractivity contribution in [2.45, 2.75) is 13.8 Å². The highest BCUT2D eigenvalue weighted by Gasteiger charge is 2.40. The number of rotatable bonds is 3. The van der Waals surface area contributed by atoms with Gasteiger partial charge in [0.05, 0.1) is 23.5 Å². The van der Waals surface area contributed by atoms with Crippen LogP contribution in [0.25, 0.3) is 5.57 Å². The number of benzene rings is 1. The second-order valence-corrected chi connectivity index (χ2v) is 5.15. The Bertz CT molecular complexity index is 698. The molecule has 1 aromatic heterocycles. The fourth-order valence-corrected chi connectivity index (χ4v) is 2.50. The number of nitrogens with zero attached hydrogens (tertiary/aromatic N) is 2. The number of amides is 1. The van der Waals surface area contributed by atoms with Crippen molar-refractivity contribution in [2.75, 3.05) is 5.32 Å². The van der Waals surface area contributed by atoms with E-state index >= 15 is 0 Å². The average Bonchev–Trinajstić information content (AvgIpc) is 3.04. The van der Waals surface area contributed by atoms with Crippen LogP contribution in [0, 0.1) is 12.8 Å². The lowest BCUT2D eigenvalue weighted by molar-refractivity contribution is -0.116. The van der Waals surface area contributed by atoms with Crippen LogP contribution in [-0.4, -0.2) is 15.7 Å². The molecule has 0 saturated heterocycles. The molecule has 1 N–H and O–H groups in total. The Morgan fingerprint density at radius 2 is 1.95 bits per heavy atom. The molecule has 1 heterocycles. The van der Waals surface area contributed by atoms with Crippen LogP contribution in [0.1, 0.15) is 18.2 Å². The van der Waals surface area contributed by atoms with Crippen molar-refractivity contribution in [3.05, 3.63) is 53.4 Å². The minimum atomic E-state index is -0.1000. The molecule has 0 bridgehead atoms. The first-order valence-corrected chi connectivity index (χ1v) is 6.65. The molecule has 2 aromatic rings. The molecule has 0 fully saturated rings. The van der Waals surface area contributed by atoms with E-state index in [0.29, 0.717) is 0 Å². The Hall–Kier alpha value is -2.36. The summed E-state index contributed by atoms with van der Waals surface area (Å²) in [7, 11) is 1.86. The first-order valence-electron chi connectivity index (χ1n) is 6.65. The highest BCUT2D eigenvalue weighted by atomic mass is 16.2. The summed E-state index contributed by atoms with van der Waals surface area (Å²) in [5.41, 5.74) is 5.16. The van der Waals surface area contributed by atoms with Gasteiger partial charge in [-0.05, 0) is 25.0 Å². The van der Waals surface area contributed by atoms with Crippen LogP contribution in [0.5, 0.6) is 0 Å². The van der Waals surface area contributed by atoms with Crippen LogP contribution in [0.4, 0.5) is 5.69 Å². The number of anilines is 1. The fraction of sp³-hybridized carbons (Fsp3) is 0.250. The van der Waals surface area contributed by atoms with Gasteiger partial charge in [0.25, 0.3) is 0 Å². The van der Waals surface area contributed by atoms with E-state index in [-0.39, 0.29) is 11.8 Å². The van der Waals surface area contributed by atoms with E-state index in [1.807, 2.05) is 51.2 Å². The lowest BCUT2D eigenvalue weighted by Gasteiger charge is -2.05. The van der Waals surface area contributed by atoms with E-state index in [2.05, 4.69) is 10.4 Å². The number of hydrogen-bond donors (Lipinski definition) is 1. The Morgan fingerprint density at radius 1 is 1.25 bits per heavy atom. The zero-order valence-electron chi connectivity index (χ0n) is 11.8. The first-order chi connectivity index (χ1) is 9.59. The summed E-state index contributed by atoms with van der Waals surface area (Å²) >= 11 is 0. The molecular weight excluding hydrogens is 250 g/mol. The summed E-state index contributed by atoms with van der Waals surface area (Å²) in [4.78, 5) is 12.3. The van der Waals surface area contributed by atoms with Gasteiger partial charge in [-0.3, -0.25) is 9.48 Å². The minimum absolute atomic E-state index is 0.0254. The van der Waals surface area contributed by atoms with Gasteiger partial charge in [0, 0.05) is 7.05 Å². The monoisotopic (exact) mass is 267 g/mol. The Labute approximate surface area is 118 Å². The van der Waals surface area contributed by atoms with Gasteiger partial charge >= 0.3 is 0 Å². The Morgan fingerprint density at radius 3 is 2.55 bits per heavy atom. The fourth-order valence-electron chi connectivity index (χ4n) is 2.50. The van der Waals surface area contributed by atoms with E-state index in [1.165, 1.54) is 0 Å². The van der Waals surface area contributed by atoms with E-state index in [1.54, 1.807) is 10.9 Å². The van der Waals surface area contributed by atoms with E-state index < -0.39 is 0 Å². The van der Waals surface area contributed by atoms with Crippen LogP contribution in [-0.2, 0) is 11.8 Å². The van der Waals surface area contributed by atoms with E-state index in [9.17, 15) is 4.79 Å². The lowest BCUT2D eigenvalue weighted by atomic mass is 10.1. The number of carbonyl (C=O) groups excluding carboxylic acids is 1. The van der Waals surface area contributed by atoms with Crippen molar-refractivity contribution in [3.63, 3.8) is 0 Å². The number of nitrogens with one attached hydrogen (secondary N) is 1. The lowest BCUT2D eigenvalue weighted by Crippen LogP contribution is -2.16. The molecule has 4 heteroatoms. The molecule has 0 aliphatic heterocycles. The minimum Gasteiger partial charge on any atom is -0.322 e.